The van der Waals surface area contributed by atoms with Gasteiger partial charge in [0, 0.05) is 6.07 Å². The van der Waals surface area contributed by atoms with Gasteiger partial charge >= 0.3 is 0 Å². The van der Waals surface area contributed by atoms with Crippen LogP contribution >= 0.6 is 0 Å². The van der Waals surface area contributed by atoms with Gasteiger partial charge in [0.05, 0.1) is 6.10 Å². The Morgan fingerprint density at radius 3 is 2.71 bits per heavy atom. The third-order valence-electron chi connectivity index (χ3n) is 1.80. The molecule has 0 saturated carbocycles. The van der Waals surface area contributed by atoms with E-state index >= 15 is 0 Å². The van der Waals surface area contributed by atoms with Gasteiger partial charge in [0.25, 0.3) is 0 Å². The van der Waals surface area contributed by atoms with Gasteiger partial charge in [-0.15, -0.1) is 0 Å². The van der Waals surface area contributed by atoms with Crippen LogP contribution < -0.4 is 4.74 Å². The van der Waals surface area contributed by atoms with Crippen molar-refractivity contribution in [1.29, 1.82) is 0 Å². The lowest BCUT2D eigenvalue weighted by atomic mass is 10.2. The maximum Gasteiger partial charge on any atom is 0.167 e. The van der Waals surface area contributed by atoms with Gasteiger partial charge in [0.2, 0.25) is 0 Å². The van der Waals surface area contributed by atoms with Gasteiger partial charge in [0.15, 0.2) is 11.6 Å². The van der Waals surface area contributed by atoms with Gasteiger partial charge in [0.1, 0.15) is 5.82 Å². The molecule has 0 amide bonds. The topological polar surface area (TPSA) is 9.23 Å². The molecule has 14 heavy (non-hydrogen) atoms. The molecule has 0 aromatic heterocycles. The molecule has 1 unspecified atom stereocenters. The molecule has 1 atom stereocenters. The van der Waals surface area contributed by atoms with Crippen molar-refractivity contribution in [2.75, 3.05) is 0 Å². The first-order valence-corrected chi connectivity index (χ1v) is 4.58. The lowest BCUT2D eigenvalue weighted by molar-refractivity contribution is 0.224. The highest BCUT2D eigenvalue weighted by atomic mass is 19.1. The van der Waals surface area contributed by atoms with E-state index in [1.807, 2.05) is 6.92 Å². The van der Waals surface area contributed by atoms with Crippen molar-refractivity contribution in [1.82, 2.24) is 0 Å². The zero-order valence-electron chi connectivity index (χ0n) is 8.09. The number of ether oxygens (including phenoxy) is 1. The molecule has 1 radical (unpaired) electrons. The third kappa shape index (κ3) is 2.98. The van der Waals surface area contributed by atoms with Crippen LogP contribution in [0.5, 0.6) is 5.75 Å². The highest BCUT2D eigenvalue weighted by Crippen LogP contribution is 2.19. The van der Waals surface area contributed by atoms with Crippen LogP contribution in [0, 0.1) is 18.6 Å². The van der Waals surface area contributed by atoms with Crippen molar-refractivity contribution in [3.05, 3.63) is 36.8 Å². The summed E-state index contributed by atoms with van der Waals surface area (Å²) in [5.74, 6) is -1.24. The molecule has 0 bridgehead atoms. The molecule has 77 valence electrons. The molecule has 0 aliphatic rings. The van der Waals surface area contributed by atoms with Gasteiger partial charge in [-0.05, 0) is 25.5 Å². The molecule has 0 fully saturated rings. The van der Waals surface area contributed by atoms with Gasteiger partial charge in [-0.2, -0.15) is 0 Å². The Labute approximate surface area is 82.7 Å². The average molecular weight is 199 g/mol. The van der Waals surface area contributed by atoms with Crippen LogP contribution in [0.4, 0.5) is 8.78 Å². The van der Waals surface area contributed by atoms with Crippen molar-refractivity contribution in [3.63, 3.8) is 0 Å². The summed E-state index contributed by atoms with van der Waals surface area (Å²) in [5, 5.41) is 0. The fourth-order valence-corrected chi connectivity index (χ4v) is 1.13. The second kappa shape index (κ2) is 4.94. The van der Waals surface area contributed by atoms with Crippen LogP contribution in [-0.2, 0) is 0 Å². The van der Waals surface area contributed by atoms with E-state index in [2.05, 4.69) is 6.92 Å². The first kappa shape index (κ1) is 11.0. The largest absolute Gasteiger partial charge is 0.487 e. The number of halogens is 2. The maximum atomic E-state index is 13.1. The minimum Gasteiger partial charge on any atom is -0.487 e. The molecule has 0 N–H and O–H groups in total. The first-order valence-electron chi connectivity index (χ1n) is 4.58. The van der Waals surface area contributed by atoms with Crippen molar-refractivity contribution >= 4 is 0 Å². The molecule has 1 aromatic carbocycles. The molecule has 1 aromatic rings. The predicted molar refractivity (Wildman–Crippen MR) is 51.0 cm³/mol. The van der Waals surface area contributed by atoms with E-state index in [0.29, 0.717) is 0 Å². The van der Waals surface area contributed by atoms with Crippen LogP contribution in [0.2, 0.25) is 0 Å². The van der Waals surface area contributed by atoms with E-state index in [1.54, 1.807) is 0 Å². The molecule has 0 aliphatic heterocycles. The predicted octanol–water partition coefficient (Wildman–Crippen LogP) is 3.35. The van der Waals surface area contributed by atoms with Crippen LogP contribution in [-0.4, -0.2) is 6.10 Å². The molecular formula is C11H13F2O. The Kier molecular flexibility index (Phi) is 3.86. The fourth-order valence-electron chi connectivity index (χ4n) is 1.13. The third-order valence-corrected chi connectivity index (χ3v) is 1.80. The zero-order chi connectivity index (χ0) is 10.6. The monoisotopic (exact) mass is 199 g/mol. The summed E-state index contributed by atoms with van der Waals surface area (Å²) < 4.78 is 30.8. The molecular weight excluding hydrogens is 186 g/mol. The lowest BCUT2D eigenvalue weighted by Crippen LogP contribution is -2.12. The van der Waals surface area contributed by atoms with Crippen LogP contribution in [0.1, 0.15) is 19.8 Å². The van der Waals surface area contributed by atoms with Crippen LogP contribution in [0.3, 0.4) is 0 Å². The molecule has 1 rings (SSSR count). The Morgan fingerprint density at radius 2 is 2.14 bits per heavy atom. The number of hydrogen-bond donors (Lipinski definition) is 0. The summed E-state index contributed by atoms with van der Waals surface area (Å²) in [4.78, 5) is 0. The highest BCUT2D eigenvalue weighted by molar-refractivity contribution is 5.24. The van der Waals surface area contributed by atoms with Crippen molar-refractivity contribution < 1.29 is 13.5 Å². The van der Waals surface area contributed by atoms with Crippen LogP contribution in [0.25, 0.3) is 0 Å². The summed E-state index contributed by atoms with van der Waals surface area (Å²) in [6.45, 7) is 5.69. The molecule has 0 heterocycles. The Hall–Kier alpha value is -1.12. The molecule has 3 heteroatoms. The Bertz CT molecular complexity index is 299. The van der Waals surface area contributed by atoms with Crippen LogP contribution in [0.15, 0.2) is 18.2 Å². The summed E-state index contributed by atoms with van der Waals surface area (Å²) >= 11 is 0. The van der Waals surface area contributed by atoms with Gasteiger partial charge < -0.3 is 4.74 Å². The van der Waals surface area contributed by atoms with E-state index in [-0.39, 0.29) is 11.9 Å². The Balaban J connectivity index is 2.67. The summed E-state index contributed by atoms with van der Waals surface area (Å²) in [7, 11) is 0. The quantitative estimate of drug-likeness (QED) is 0.722. The summed E-state index contributed by atoms with van der Waals surface area (Å²) in [5.41, 5.74) is 0. The second-order valence-electron chi connectivity index (χ2n) is 3.10. The SMILES string of the molecule is [CH2]C(CCC)Oc1ccc(F)cc1F. The maximum absolute atomic E-state index is 13.1. The molecule has 0 saturated heterocycles. The van der Waals surface area contributed by atoms with E-state index in [4.69, 9.17) is 4.74 Å². The Morgan fingerprint density at radius 1 is 1.43 bits per heavy atom. The van der Waals surface area contributed by atoms with E-state index in [9.17, 15) is 8.78 Å². The average Bonchev–Trinajstić information content (AvgIpc) is 2.10. The van der Waals surface area contributed by atoms with Gasteiger partial charge in [-0.25, -0.2) is 8.78 Å². The number of rotatable bonds is 4. The lowest BCUT2D eigenvalue weighted by Gasteiger charge is -2.13. The van der Waals surface area contributed by atoms with Gasteiger partial charge in [-0.1, -0.05) is 13.3 Å². The zero-order valence-corrected chi connectivity index (χ0v) is 8.09. The second-order valence-corrected chi connectivity index (χ2v) is 3.10. The summed E-state index contributed by atoms with van der Waals surface area (Å²) in [6, 6.07) is 3.24. The van der Waals surface area contributed by atoms with E-state index < -0.39 is 11.6 Å². The van der Waals surface area contributed by atoms with Crippen molar-refractivity contribution in [3.8, 4) is 5.75 Å². The standard InChI is InChI=1S/C11H13F2O/c1-3-4-8(2)14-11-6-5-9(12)7-10(11)13/h5-8H,2-4H2,1H3. The molecule has 0 spiro atoms. The summed E-state index contributed by atoms with van der Waals surface area (Å²) in [6.07, 6.45) is 1.37. The molecule has 0 aliphatic carbocycles. The fraction of sp³-hybridized carbons (Fsp3) is 0.364. The minimum atomic E-state index is -0.685. The first-order chi connectivity index (χ1) is 6.63. The number of hydrogen-bond acceptors (Lipinski definition) is 1. The van der Waals surface area contributed by atoms with E-state index in [1.165, 1.54) is 6.07 Å². The highest BCUT2D eigenvalue weighted by Gasteiger charge is 2.08. The van der Waals surface area contributed by atoms with E-state index in [0.717, 1.165) is 25.0 Å². The van der Waals surface area contributed by atoms with Crippen molar-refractivity contribution in [2.24, 2.45) is 0 Å². The van der Waals surface area contributed by atoms with Crippen molar-refractivity contribution in [2.45, 2.75) is 25.9 Å². The van der Waals surface area contributed by atoms with Gasteiger partial charge in [-0.3, -0.25) is 0 Å². The molecule has 1 nitrogen and oxygen atoms in total. The number of benzene rings is 1. The smallest absolute Gasteiger partial charge is 0.167 e. The normalized spacial score (nSPS) is 12.6. The minimum absolute atomic E-state index is 0.0554.